The summed E-state index contributed by atoms with van der Waals surface area (Å²) in [4.78, 5) is 13.9. The molecular weight excluding hydrogens is 228 g/mol. The first kappa shape index (κ1) is 10.2. The highest BCUT2D eigenvalue weighted by Gasteiger charge is 2.58. The molecular formula is C15H16OS. The number of ketones is 1. The van der Waals surface area contributed by atoms with Gasteiger partial charge in [0.2, 0.25) is 0 Å². The van der Waals surface area contributed by atoms with Crippen LogP contribution in [0.5, 0.6) is 0 Å². The number of carbonyl (C=O) groups excluding carboxylic acids is 1. The molecule has 0 saturated heterocycles. The maximum Gasteiger partial charge on any atom is 0.152 e. The van der Waals surface area contributed by atoms with Crippen LogP contribution in [-0.4, -0.2) is 10.5 Å². The predicted molar refractivity (Wildman–Crippen MR) is 69.2 cm³/mol. The summed E-state index contributed by atoms with van der Waals surface area (Å²) in [5.74, 6) is 1.64. The molecule has 3 atom stereocenters. The Hall–Kier alpha value is -0.760. The fourth-order valence-electron chi connectivity index (χ4n) is 4.03. The molecule has 2 fully saturated rings. The fraction of sp³-hybridized carbons (Fsp3) is 0.533. The van der Waals surface area contributed by atoms with Crippen molar-refractivity contribution in [2.45, 2.75) is 41.7 Å². The number of thioether (sulfide) groups is 1. The van der Waals surface area contributed by atoms with E-state index in [1.807, 2.05) is 11.8 Å². The van der Waals surface area contributed by atoms with Gasteiger partial charge in [0.15, 0.2) is 5.78 Å². The molecule has 1 aliphatic heterocycles. The Morgan fingerprint density at radius 3 is 2.94 bits per heavy atom. The molecule has 4 rings (SSSR count). The van der Waals surface area contributed by atoms with Crippen LogP contribution in [0.4, 0.5) is 0 Å². The van der Waals surface area contributed by atoms with E-state index in [1.54, 1.807) is 0 Å². The molecule has 1 heterocycles. The van der Waals surface area contributed by atoms with Gasteiger partial charge in [-0.3, -0.25) is 4.79 Å². The third-order valence-electron chi connectivity index (χ3n) is 4.91. The van der Waals surface area contributed by atoms with Gasteiger partial charge in [0.05, 0.1) is 4.75 Å². The molecule has 1 aromatic carbocycles. The molecule has 0 amide bonds. The Labute approximate surface area is 106 Å². The normalized spacial score (nSPS) is 38.7. The smallest absolute Gasteiger partial charge is 0.152 e. The zero-order valence-electron chi connectivity index (χ0n) is 9.82. The van der Waals surface area contributed by atoms with Crippen LogP contribution in [0.2, 0.25) is 0 Å². The number of benzene rings is 1. The first-order valence-electron chi connectivity index (χ1n) is 6.61. The molecule has 2 saturated carbocycles. The number of hydrogen-bond donors (Lipinski definition) is 0. The molecule has 2 aliphatic carbocycles. The van der Waals surface area contributed by atoms with Crippen molar-refractivity contribution >= 4 is 17.5 Å². The summed E-state index contributed by atoms with van der Waals surface area (Å²) in [5, 5.41) is 0. The molecule has 88 valence electrons. The van der Waals surface area contributed by atoms with E-state index in [-0.39, 0.29) is 4.75 Å². The minimum Gasteiger partial charge on any atom is -0.298 e. The molecule has 1 nitrogen and oxygen atoms in total. The maximum absolute atomic E-state index is 12.5. The first-order chi connectivity index (χ1) is 8.29. The third kappa shape index (κ3) is 1.25. The lowest BCUT2D eigenvalue weighted by Crippen LogP contribution is -2.42. The second-order valence-corrected chi connectivity index (χ2v) is 7.04. The topological polar surface area (TPSA) is 17.1 Å². The maximum atomic E-state index is 12.5. The highest BCUT2D eigenvalue weighted by molar-refractivity contribution is 8.01. The predicted octanol–water partition coefficient (Wildman–Crippen LogP) is 3.46. The first-order valence-corrected chi connectivity index (χ1v) is 7.42. The van der Waals surface area contributed by atoms with E-state index in [1.165, 1.54) is 23.3 Å². The van der Waals surface area contributed by atoms with Crippen LogP contribution in [0, 0.1) is 11.8 Å². The Kier molecular flexibility index (Phi) is 2.03. The van der Waals surface area contributed by atoms with Crippen LogP contribution in [0.3, 0.4) is 0 Å². The van der Waals surface area contributed by atoms with Gasteiger partial charge in [-0.15, -0.1) is 11.8 Å². The van der Waals surface area contributed by atoms with Crippen LogP contribution in [0.25, 0.3) is 0 Å². The SMILES string of the molecule is O=C1[C@H]2CC[C@H](C2)[C@@]12CCc1ccccc1S2. The quantitative estimate of drug-likeness (QED) is 0.695. The second-order valence-electron chi connectivity index (χ2n) is 5.67. The fourth-order valence-corrected chi connectivity index (χ4v) is 5.72. The highest BCUT2D eigenvalue weighted by Crippen LogP contribution is 2.60. The van der Waals surface area contributed by atoms with E-state index >= 15 is 0 Å². The van der Waals surface area contributed by atoms with E-state index < -0.39 is 0 Å². The summed E-state index contributed by atoms with van der Waals surface area (Å²) in [6.45, 7) is 0. The van der Waals surface area contributed by atoms with Gasteiger partial charge in [0.25, 0.3) is 0 Å². The van der Waals surface area contributed by atoms with E-state index in [0.717, 1.165) is 19.3 Å². The van der Waals surface area contributed by atoms with Crippen LogP contribution in [-0.2, 0) is 11.2 Å². The van der Waals surface area contributed by atoms with Gasteiger partial charge in [-0.25, -0.2) is 0 Å². The number of rotatable bonds is 0. The van der Waals surface area contributed by atoms with Crippen LogP contribution in [0.15, 0.2) is 29.2 Å². The van der Waals surface area contributed by atoms with Crippen molar-refractivity contribution in [2.24, 2.45) is 11.8 Å². The van der Waals surface area contributed by atoms with Crippen LogP contribution < -0.4 is 0 Å². The minimum atomic E-state index is -0.0305. The number of Topliss-reactive ketones (excluding diaryl/α,β-unsaturated/α-hetero) is 1. The largest absolute Gasteiger partial charge is 0.298 e. The van der Waals surface area contributed by atoms with Gasteiger partial charge in [0, 0.05) is 10.8 Å². The van der Waals surface area contributed by atoms with Gasteiger partial charge in [0.1, 0.15) is 0 Å². The number of fused-ring (bicyclic) bond motifs is 4. The average molecular weight is 244 g/mol. The summed E-state index contributed by atoms with van der Waals surface area (Å²) in [6, 6.07) is 8.62. The number of carbonyl (C=O) groups is 1. The lowest BCUT2D eigenvalue weighted by molar-refractivity contribution is -0.124. The van der Waals surface area contributed by atoms with Gasteiger partial charge in [-0.2, -0.15) is 0 Å². The number of hydrogen-bond acceptors (Lipinski definition) is 2. The van der Waals surface area contributed by atoms with Gasteiger partial charge >= 0.3 is 0 Å². The van der Waals surface area contributed by atoms with E-state index in [0.29, 0.717) is 17.6 Å². The molecule has 1 aromatic rings. The monoisotopic (exact) mass is 244 g/mol. The van der Waals surface area contributed by atoms with Crippen molar-refractivity contribution in [3.63, 3.8) is 0 Å². The Bertz CT molecular complexity index is 495. The highest BCUT2D eigenvalue weighted by atomic mass is 32.2. The van der Waals surface area contributed by atoms with Gasteiger partial charge in [-0.05, 0) is 49.7 Å². The number of aryl methyl sites for hydroxylation is 1. The second kappa shape index (κ2) is 3.38. The standard InChI is InChI=1S/C15H16OS/c16-14-11-5-6-12(9-11)15(14)8-7-10-3-1-2-4-13(10)17-15/h1-4,11-12H,5-9H2/t11-,12+,15-/m0/s1. The molecule has 2 bridgehead atoms. The molecule has 0 unspecified atom stereocenters. The minimum absolute atomic E-state index is 0.0305. The Morgan fingerprint density at radius 2 is 2.12 bits per heavy atom. The summed E-state index contributed by atoms with van der Waals surface area (Å²) in [5.41, 5.74) is 1.44. The molecule has 3 aliphatic rings. The lowest BCUT2D eigenvalue weighted by atomic mass is 9.82. The van der Waals surface area contributed by atoms with Crippen molar-refractivity contribution in [1.82, 2.24) is 0 Å². The lowest BCUT2D eigenvalue weighted by Gasteiger charge is -2.39. The van der Waals surface area contributed by atoms with E-state index in [2.05, 4.69) is 24.3 Å². The van der Waals surface area contributed by atoms with Crippen molar-refractivity contribution in [1.29, 1.82) is 0 Å². The zero-order valence-corrected chi connectivity index (χ0v) is 10.6. The van der Waals surface area contributed by atoms with Crippen molar-refractivity contribution in [3.05, 3.63) is 29.8 Å². The zero-order chi connectivity index (χ0) is 11.5. The van der Waals surface area contributed by atoms with Gasteiger partial charge in [-0.1, -0.05) is 18.2 Å². The van der Waals surface area contributed by atoms with Crippen LogP contribution in [0.1, 0.15) is 31.2 Å². The summed E-state index contributed by atoms with van der Waals surface area (Å²) in [7, 11) is 0. The van der Waals surface area contributed by atoms with E-state index in [9.17, 15) is 4.79 Å². The van der Waals surface area contributed by atoms with Crippen molar-refractivity contribution in [2.75, 3.05) is 0 Å². The van der Waals surface area contributed by atoms with Gasteiger partial charge < -0.3 is 0 Å². The Balaban J connectivity index is 1.76. The molecule has 17 heavy (non-hydrogen) atoms. The summed E-state index contributed by atoms with van der Waals surface area (Å²) < 4.78 is -0.0305. The molecule has 0 N–H and O–H groups in total. The molecule has 0 radical (unpaired) electrons. The van der Waals surface area contributed by atoms with Crippen LogP contribution >= 0.6 is 11.8 Å². The van der Waals surface area contributed by atoms with E-state index in [4.69, 9.17) is 0 Å². The molecule has 1 spiro atoms. The summed E-state index contributed by atoms with van der Waals surface area (Å²) in [6.07, 6.45) is 5.79. The Morgan fingerprint density at radius 1 is 1.24 bits per heavy atom. The average Bonchev–Trinajstić information content (AvgIpc) is 2.94. The summed E-state index contributed by atoms with van der Waals surface area (Å²) >= 11 is 1.89. The van der Waals surface area contributed by atoms with Crippen molar-refractivity contribution < 1.29 is 4.79 Å². The third-order valence-corrected chi connectivity index (χ3v) is 6.63. The molecule has 0 aromatic heterocycles. The van der Waals surface area contributed by atoms with Crippen molar-refractivity contribution in [3.8, 4) is 0 Å². The molecule has 2 heteroatoms.